The van der Waals surface area contributed by atoms with Gasteiger partial charge in [-0.3, -0.25) is 0 Å². The van der Waals surface area contributed by atoms with Crippen molar-refractivity contribution in [2.75, 3.05) is 13.7 Å². The molecule has 0 fully saturated rings. The van der Waals surface area contributed by atoms with E-state index in [4.69, 9.17) is 9.47 Å². The molecule has 1 rings (SSSR count). The number of carbonyl (C=O) groups excluding carboxylic acids is 1. The Labute approximate surface area is 93.5 Å². The molecule has 0 spiro atoms. The smallest absolute Gasteiger partial charge is 0.341 e. The van der Waals surface area contributed by atoms with Crippen molar-refractivity contribution in [1.82, 2.24) is 0 Å². The van der Waals surface area contributed by atoms with Gasteiger partial charge in [-0.05, 0) is 13.0 Å². The van der Waals surface area contributed by atoms with Crippen LogP contribution in [0.3, 0.4) is 0 Å². The maximum atomic E-state index is 12.7. The van der Waals surface area contributed by atoms with Crippen LogP contribution >= 0.6 is 0 Å². The van der Waals surface area contributed by atoms with E-state index >= 15 is 0 Å². The third-order valence-electron chi connectivity index (χ3n) is 2.00. The summed E-state index contributed by atoms with van der Waals surface area (Å²) in [6.45, 7) is 1.86. The monoisotopic (exact) mass is 224 g/mol. The van der Waals surface area contributed by atoms with E-state index in [1.165, 1.54) is 7.11 Å². The van der Waals surface area contributed by atoms with Gasteiger partial charge in [0, 0.05) is 5.56 Å². The van der Waals surface area contributed by atoms with Crippen molar-refractivity contribution in [3.63, 3.8) is 0 Å². The second-order valence-corrected chi connectivity index (χ2v) is 2.94. The Bertz CT molecular complexity index is 399. The Morgan fingerprint density at radius 2 is 2.12 bits per heavy atom. The molecular weight excluding hydrogens is 211 g/mol. The van der Waals surface area contributed by atoms with Gasteiger partial charge in [-0.1, -0.05) is 18.2 Å². The number of methoxy groups -OCH3 is 1. The van der Waals surface area contributed by atoms with Crippen LogP contribution in [0.15, 0.2) is 30.6 Å². The molecular formula is C12H13FO3. The molecule has 0 radical (unpaired) electrons. The van der Waals surface area contributed by atoms with E-state index in [1.807, 2.05) is 0 Å². The van der Waals surface area contributed by atoms with Crippen molar-refractivity contribution >= 4 is 11.5 Å². The van der Waals surface area contributed by atoms with E-state index in [0.29, 0.717) is 11.3 Å². The van der Waals surface area contributed by atoms with Crippen molar-refractivity contribution in [2.45, 2.75) is 6.92 Å². The van der Waals surface area contributed by atoms with E-state index < -0.39 is 5.97 Å². The van der Waals surface area contributed by atoms with Gasteiger partial charge in [0.15, 0.2) is 0 Å². The molecule has 0 aliphatic carbocycles. The average molecular weight is 224 g/mol. The summed E-state index contributed by atoms with van der Waals surface area (Å²) < 4.78 is 22.5. The molecule has 4 heteroatoms. The first-order chi connectivity index (χ1) is 7.74. The van der Waals surface area contributed by atoms with Crippen molar-refractivity contribution in [2.24, 2.45) is 0 Å². The fourth-order valence-corrected chi connectivity index (χ4v) is 1.29. The highest BCUT2D eigenvalue weighted by molar-refractivity contribution is 6.16. The predicted octanol–water partition coefficient (Wildman–Crippen LogP) is 2.57. The normalized spacial score (nSPS) is 11.1. The molecule has 0 aliphatic heterocycles. The molecule has 0 atom stereocenters. The van der Waals surface area contributed by atoms with Gasteiger partial charge >= 0.3 is 5.97 Å². The third-order valence-corrected chi connectivity index (χ3v) is 2.00. The van der Waals surface area contributed by atoms with Crippen LogP contribution in [0.2, 0.25) is 0 Å². The molecule has 1 aromatic rings. The topological polar surface area (TPSA) is 35.5 Å². The molecule has 0 unspecified atom stereocenters. The third kappa shape index (κ3) is 2.59. The zero-order valence-electron chi connectivity index (χ0n) is 9.20. The zero-order valence-corrected chi connectivity index (χ0v) is 9.20. The fraction of sp³-hybridized carbons (Fsp3) is 0.250. The van der Waals surface area contributed by atoms with E-state index in [0.717, 1.165) is 0 Å². The van der Waals surface area contributed by atoms with Gasteiger partial charge in [0.2, 0.25) is 0 Å². The number of hydrogen-bond acceptors (Lipinski definition) is 3. The van der Waals surface area contributed by atoms with Gasteiger partial charge in [-0.15, -0.1) is 0 Å². The largest absolute Gasteiger partial charge is 0.496 e. The quantitative estimate of drug-likeness (QED) is 0.582. The van der Waals surface area contributed by atoms with Gasteiger partial charge in [0.05, 0.1) is 19.3 Å². The number of ether oxygens (including phenoxy) is 2. The molecule has 0 saturated carbocycles. The average Bonchev–Trinajstić information content (AvgIpc) is 2.31. The van der Waals surface area contributed by atoms with Crippen LogP contribution < -0.4 is 4.74 Å². The lowest BCUT2D eigenvalue weighted by molar-refractivity contribution is -0.136. The second kappa shape index (κ2) is 5.90. The van der Waals surface area contributed by atoms with Crippen LogP contribution in [0.25, 0.3) is 5.57 Å². The zero-order chi connectivity index (χ0) is 12.0. The second-order valence-electron chi connectivity index (χ2n) is 2.94. The van der Waals surface area contributed by atoms with Gasteiger partial charge in [-0.25, -0.2) is 9.18 Å². The number of rotatable bonds is 4. The predicted molar refractivity (Wildman–Crippen MR) is 58.7 cm³/mol. The summed E-state index contributed by atoms with van der Waals surface area (Å²) >= 11 is 0. The first-order valence-electron chi connectivity index (χ1n) is 4.85. The molecule has 0 aromatic heterocycles. The lowest BCUT2D eigenvalue weighted by atomic mass is 10.1. The minimum absolute atomic E-state index is 0.140. The first kappa shape index (κ1) is 12.2. The molecule has 16 heavy (non-hydrogen) atoms. The van der Waals surface area contributed by atoms with Crippen LogP contribution in [0.4, 0.5) is 4.39 Å². The highest BCUT2D eigenvalue weighted by Crippen LogP contribution is 2.26. The molecule has 3 nitrogen and oxygen atoms in total. The van der Waals surface area contributed by atoms with E-state index in [2.05, 4.69) is 0 Å². The number of esters is 1. The Hall–Kier alpha value is -1.84. The van der Waals surface area contributed by atoms with Crippen LogP contribution in [0.5, 0.6) is 5.75 Å². The van der Waals surface area contributed by atoms with Crippen molar-refractivity contribution in [1.29, 1.82) is 0 Å². The van der Waals surface area contributed by atoms with Crippen LogP contribution in [0, 0.1) is 0 Å². The first-order valence-corrected chi connectivity index (χ1v) is 4.85. The summed E-state index contributed by atoms with van der Waals surface area (Å²) in [6, 6.07) is 6.68. The van der Waals surface area contributed by atoms with Crippen LogP contribution in [-0.2, 0) is 9.53 Å². The number of halogens is 1. The number of carbonyl (C=O) groups is 1. The highest BCUT2D eigenvalue weighted by atomic mass is 19.1. The molecule has 86 valence electrons. The molecule has 0 bridgehead atoms. The lowest BCUT2D eigenvalue weighted by Crippen LogP contribution is -2.07. The number of benzene rings is 1. The Balaban J connectivity index is 3.09. The van der Waals surface area contributed by atoms with Gasteiger partial charge in [0.25, 0.3) is 0 Å². The molecule has 1 aromatic carbocycles. The van der Waals surface area contributed by atoms with Crippen molar-refractivity contribution in [3.05, 3.63) is 36.2 Å². The van der Waals surface area contributed by atoms with E-state index in [1.54, 1.807) is 31.2 Å². The van der Waals surface area contributed by atoms with Crippen LogP contribution in [0.1, 0.15) is 12.5 Å². The summed E-state index contributed by atoms with van der Waals surface area (Å²) in [5.74, 6) is -0.269. The number of hydrogen-bond donors (Lipinski definition) is 0. The van der Waals surface area contributed by atoms with E-state index in [-0.39, 0.29) is 18.5 Å². The fourth-order valence-electron chi connectivity index (χ4n) is 1.29. The van der Waals surface area contributed by atoms with Crippen LogP contribution in [-0.4, -0.2) is 19.7 Å². The lowest BCUT2D eigenvalue weighted by Gasteiger charge is -2.09. The van der Waals surface area contributed by atoms with Gasteiger partial charge in [-0.2, -0.15) is 0 Å². The summed E-state index contributed by atoms with van der Waals surface area (Å²) in [4.78, 5) is 11.5. The summed E-state index contributed by atoms with van der Waals surface area (Å²) in [7, 11) is 1.46. The minimum atomic E-state index is -0.700. The Morgan fingerprint density at radius 1 is 1.44 bits per heavy atom. The maximum absolute atomic E-state index is 12.7. The highest BCUT2D eigenvalue weighted by Gasteiger charge is 2.17. The summed E-state index contributed by atoms with van der Waals surface area (Å²) in [5.41, 5.74) is 0.241. The van der Waals surface area contributed by atoms with Gasteiger partial charge in [0.1, 0.15) is 12.1 Å². The minimum Gasteiger partial charge on any atom is -0.496 e. The number of para-hydroxylation sites is 1. The standard InChI is InChI=1S/C12H13FO3/c1-3-16-12(14)10(8-13)9-6-4-5-7-11(9)15-2/h4-8H,3H2,1-2H3. The molecule has 0 N–H and O–H groups in total. The molecule has 0 saturated heterocycles. The maximum Gasteiger partial charge on any atom is 0.341 e. The Morgan fingerprint density at radius 3 is 2.69 bits per heavy atom. The summed E-state index contributed by atoms with van der Waals surface area (Å²) in [5, 5.41) is 0. The van der Waals surface area contributed by atoms with Crippen molar-refractivity contribution in [3.8, 4) is 5.75 Å². The van der Waals surface area contributed by atoms with Gasteiger partial charge < -0.3 is 9.47 Å². The van der Waals surface area contributed by atoms with E-state index in [9.17, 15) is 9.18 Å². The molecule has 0 aliphatic rings. The summed E-state index contributed by atoms with van der Waals surface area (Å²) in [6.07, 6.45) is 0.232. The van der Waals surface area contributed by atoms with Crippen molar-refractivity contribution < 1.29 is 18.7 Å². The SMILES string of the molecule is CCOC(=O)C(=CF)c1ccccc1OC. The molecule has 0 amide bonds. The molecule has 0 heterocycles. The Kier molecular flexibility index (Phi) is 4.51.